The van der Waals surface area contributed by atoms with Gasteiger partial charge in [0.1, 0.15) is 6.10 Å². The van der Waals surface area contributed by atoms with Gasteiger partial charge in [-0.2, -0.15) is 0 Å². The molecule has 0 N–H and O–H groups in total. The molecule has 0 amide bonds. The van der Waals surface area contributed by atoms with Crippen LogP contribution in [0.1, 0.15) is 19.0 Å². The van der Waals surface area contributed by atoms with E-state index in [-0.39, 0.29) is 6.10 Å². The van der Waals surface area contributed by atoms with Crippen LogP contribution in [0.5, 0.6) is 0 Å². The van der Waals surface area contributed by atoms with E-state index >= 15 is 0 Å². The number of rotatable bonds is 5. The van der Waals surface area contributed by atoms with Gasteiger partial charge >= 0.3 is 0 Å². The number of nitrogens with zero attached hydrogens (tertiary/aromatic N) is 2. The molecule has 0 aliphatic heterocycles. The standard InChI is InChI=1S/C16H17ClN2O2/c1-3-12(21-11-10-20-2)8-9-15-16(17)19-14-7-5-4-6-13(14)18-15/h4-7,12H,3,10-11H2,1-2H3. The maximum atomic E-state index is 6.12. The Bertz CT molecular complexity index is 664. The van der Waals surface area contributed by atoms with E-state index in [1.807, 2.05) is 31.2 Å². The lowest BCUT2D eigenvalue weighted by atomic mass is 10.2. The van der Waals surface area contributed by atoms with Crippen molar-refractivity contribution in [3.8, 4) is 11.8 Å². The summed E-state index contributed by atoms with van der Waals surface area (Å²) in [5.41, 5.74) is 2.01. The number of hydrogen-bond donors (Lipinski definition) is 0. The Kier molecular flexibility index (Phi) is 5.94. The van der Waals surface area contributed by atoms with Crippen molar-refractivity contribution in [2.75, 3.05) is 20.3 Å². The summed E-state index contributed by atoms with van der Waals surface area (Å²) in [6.45, 7) is 3.08. The van der Waals surface area contributed by atoms with E-state index in [9.17, 15) is 0 Å². The van der Waals surface area contributed by atoms with Crippen LogP contribution in [0, 0.1) is 11.8 Å². The van der Waals surface area contributed by atoms with Crippen LogP contribution in [0.25, 0.3) is 11.0 Å². The summed E-state index contributed by atoms with van der Waals surface area (Å²) >= 11 is 6.12. The van der Waals surface area contributed by atoms with Gasteiger partial charge in [0.15, 0.2) is 10.8 Å². The van der Waals surface area contributed by atoms with Crippen LogP contribution in [0.15, 0.2) is 24.3 Å². The molecule has 21 heavy (non-hydrogen) atoms. The first-order chi connectivity index (χ1) is 10.2. The van der Waals surface area contributed by atoms with Crippen LogP contribution in [0.4, 0.5) is 0 Å². The maximum Gasteiger partial charge on any atom is 0.164 e. The Morgan fingerprint density at radius 1 is 1.19 bits per heavy atom. The van der Waals surface area contributed by atoms with Gasteiger partial charge in [0.05, 0.1) is 24.2 Å². The highest BCUT2D eigenvalue weighted by Crippen LogP contribution is 2.16. The molecule has 1 atom stereocenters. The summed E-state index contributed by atoms with van der Waals surface area (Å²) in [6, 6.07) is 7.56. The number of para-hydroxylation sites is 2. The molecule has 0 spiro atoms. The van der Waals surface area contributed by atoms with Crippen LogP contribution >= 0.6 is 11.6 Å². The lowest BCUT2D eigenvalue weighted by Crippen LogP contribution is -2.13. The van der Waals surface area contributed by atoms with E-state index in [1.165, 1.54) is 0 Å². The molecule has 0 fully saturated rings. The number of methoxy groups -OCH3 is 1. The number of benzene rings is 1. The van der Waals surface area contributed by atoms with Gasteiger partial charge in [0.2, 0.25) is 0 Å². The third-order valence-corrected chi connectivity index (χ3v) is 3.12. The van der Waals surface area contributed by atoms with Crippen LogP contribution in [-0.2, 0) is 9.47 Å². The van der Waals surface area contributed by atoms with Gasteiger partial charge in [-0.3, -0.25) is 0 Å². The van der Waals surface area contributed by atoms with E-state index in [1.54, 1.807) is 7.11 Å². The minimum Gasteiger partial charge on any atom is -0.382 e. The molecule has 2 aromatic rings. The summed E-state index contributed by atoms with van der Waals surface area (Å²) in [5.74, 6) is 6.00. The van der Waals surface area contributed by atoms with Crippen molar-refractivity contribution < 1.29 is 9.47 Å². The quantitative estimate of drug-likeness (QED) is 0.629. The highest BCUT2D eigenvalue weighted by atomic mass is 35.5. The van der Waals surface area contributed by atoms with Crippen molar-refractivity contribution >= 4 is 22.6 Å². The molecular formula is C16H17ClN2O2. The molecule has 0 saturated carbocycles. The fourth-order valence-corrected chi connectivity index (χ4v) is 1.92. The van der Waals surface area contributed by atoms with Gasteiger partial charge in [0.25, 0.3) is 0 Å². The van der Waals surface area contributed by atoms with Crippen LogP contribution in [-0.4, -0.2) is 36.4 Å². The van der Waals surface area contributed by atoms with E-state index in [0.29, 0.717) is 24.1 Å². The normalized spacial score (nSPS) is 12.0. The highest BCUT2D eigenvalue weighted by Gasteiger charge is 2.05. The van der Waals surface area contributed by atoms with E-state index in [4.69, 9.17) is 21.1 Å². The van der Waals surface area contributed by atoms with Crippen LogP contribution in [0.3, 0.4) is 0 Å². The third-order valence-electron chi connectivity index (χ3n) is 2.86. The minimum atomic E-state index is -0.163. The maximum absolute atomic E-state index is 6.12. The number of halogens is 1. The smallest absolute Gasteiger partial charge is 0.164 e. The molecule has 0 bridgehead atoms. The van der Waals surface area contributed by atoms with Gasteiger partial charge in [0, 0.05) is 7.11 Å². The van der Waals surface area contributed by atoms with Crippen molar-refractivity contribution in [3.05, 3.63) is 35.1 Å². The first kappa shape index (κ1) is 15.7. The minimum absolute atomic E-state index is 0.163. The van der Waals surface area contributed by atoms with Crippen molar-refractivity contribution in [1.29, 1.82) is 0 Å². The second-order valence-electron chi connectivity index (χ2n) is 4.38. The zero-order valence-corrected chi connectivity index (χ0v) is 12.9. The van der Waals surface area contributed by atoms with Gasteiger partial charge < -0.3 is 9.47 Å². The molecule has 5 heteroatoms. The highest BCUT2D eigenvalue weighted by molar-refractivity contribution is 6.30. The molecule has 0 aliphatic rings. The average Bonchev–Trinajstić information content (AvgIpc) is 2.51. The molecule has 1 heterocycles. The largest absolute Gasteiger partial charge is 0.382 e. The fourth-order valence-electron chi connectivity index (χ4n) is 1.74. The van der Waals surface area contributed by atoms with Crippen molar-refractivity contribution in [2.24, 2.45) is 0 Å². The molecule has 0 radical (unpaired) electrons. The van der Waals surface area contributed by atoms with Gasteiger partial charge in [-0.1, -0.05) is 36.6 Å². The Morgan fingerprint density at radius 3 is 2.57 bits per heavy atom. The SMILES string of the molecule is CCC(C#Cc1nc2ccccc2nc1Cl)OCCOC. The molecule has 1 aromatic heterocycles. The molecular weight excluding hydrogens is 288 g/mol. The topological polar surface area (TPSA) is 44.2 Å². The summed E-state index contributed by atoms with van der Waals surface area (Å²) in [5, 5.41) is 0.313. The van der Waals surface area contributed by atoms with Crippen LogP contribution in [0.2, 0.25) is 5.15 Å². The lowest BCUT2D eigenvalue weighted by molar-refractivity contribution is 0.0423. The molecule has 0 saturated heterocycles. The average molecular weight is 305 g/mol. The summed E-state index contributed by atoms with van der Waals surface area (Å²) in [4.78, 5) is 8.72. The van der Waals surface area contributed by atoms with Gasteiger partial charge in [-0.25, -0.2) is 9.97 Å². The lowest BCUT2D eigenvalue weighted by Gasteiger charge is -2.08. The number of aromatic nitrogens is 2. The van der Waals surface area contributed by atoms with E-state index < -0.39 is 0 Å². The number of hydrogen-bond acceptors (Lipinski definition) is 4. The third kappa shape index (κ3) is 4.40. The monoisotopic (exact) mass is 304 g/mol. The zero-order valence-electron chi connectivity index (χ0n) is 12.1. The Balaban J connectivity index is 2.18. The number of ether oxygens (including phenoxy) is 2. The Morgan fingerprint density at radius 2 is 1.90 bits per heavy atom. The zero-order chi connectivity index (χ0) is 15.1. The van der Waals surface area contributed by atoms with Gasteiger partial charge in [-0.15, -0.1) is 0 Å². The van der Waals surface area contributed by atoms with Crippen molar-refractivity contribution in [1.82, 2.24) is 9.97 Å². The first-order valence-corrected chi connectivity index (χ1v) is 7.16. The van der Waals surface area contributed by atoms with Crippen molar-refractivity contribution in [3.63, 3.8) is 0 Å². The second-order valence-corrected chi connectivity index (χ2v) is 4.74. The first-order valence-electron chi connectivity index (χ1n) is 6.79. The summed E-state index contributed by atoms with van der Waals surface area (Å²) in [6.07, 6.45) is 0.625. The van der Waals surface area contributed by atoms with E-state index in [0.717, 1.165) is 17.5 Å². The second kappa shape index (κ2) is 7.94. The Hall–Kier alpha value is -1.67. The molecule has 1 unspecified atom stereocenters. The molecule has 110 valence electrons. The molecule has 4 nitrogen and oxygen atoms in total. The van der Waals surface area contributed by atoms with Crippen LogP contribution < -0.4 is 0 Å². The summed E-state index contributed by atoms with van der Waals surface area (Å²) in [7, 11) is 1.64. The van der Waals surface area contributed by atoms with Crippen molar-refractivity contribution in [2.45, 2.75) is 19.4 Å². The molecule has 2 rings (SSSR count). The molecule has 1 aromatic carbocycles. The predicted molar refractivity (Wildman–Crippen MR) is 83.3 cm³/mol. The molecule has 0 aliphatic carbocycles. The fraction of sp³-hybridized carbons (Fsp3) is 0.375. The Labute approximate surface area is 129 Å². The predicted octanol–water partition coefficient (Wildman–Crippen LogP) is 3.08. The number of fused-ring (bicyclic) bond motifs is 1. The van der Waals surface area contributed by atoms with Gasteiger partial charge in [-0.05, 0) is 24.5 Å². The van der Waals surface area contributed by atoms with E-state index in [2.05, 4.69) is 21.8 Å². The summed E-state index contributed by atoms with van der Waals surface area (Å²) < 4.78 is 10.5.